The molecule has 3 aromatic rings. The number of aromatic nitrogens is 3. The number of fused-ring (bicyclic) bond motifs is 1. The van der Waals surface area contributed by atoms with E-state index in [0.29, 0.717) is 12.5 Å². The van der Waals surface area contributed by atoms with Gasteiger partial charge in [0, 0.05) is 45.0 Å². The largest absolute Gasteiger partial charge is 0.383 e. The van der Waals surface area contributed by atoms with Crippen LogP contribution in [-0.2, 0) is 16.5 Å². The molecule has 1 aliphatic heterocycles. The predicted molar refractivity (Wildman–Crippen MR) is 115 cm³/mol. The van der Waals surface area contributed by atoms with Gasteiger partial charge in [-0.1, -0.05) is 6.07 Å². The summed E-state index contributed by atoms with van der Waals surface area (Å²) in [5, 5.41) is 0. The first-order valence-electron chi connectivity index (χ1n) is 10.3. The second kappa shape index (κ2) is 8.13. The quantitative estimate of drug-likeness (QED) is 0.659. The smallest absolute Gasteiger partial charge is 0.253 e. The van der Waals surface area contributed by atoms with Crippen LogP contribution in [0, 0.1) is 6.92 Å². The number of pyridine rings is 1. The topological polar surface area (TPSA) is 58.3 Å². The summed E-state index contributed by atoms with van der Waals surface area (Å²) in [7, 11) is 3.54. The van der Waals surface area contributed by atoms with E-state index in [0.717, 1.165) is 59.6 Å². The summed E-state index contributed by atoms with van der Waals surface area (Å²) in [5.74, 6) is 1.53. The highest BCUT2D eigenvalue weighted by molar-refractivity contribution is 5.83. The Bertz CT molecular complexity index is 1050. The molecule has 0 amide bonds. The van der Waals surface area contributed by atoms with E-state index >= 15 is 0 Å². The molecule has 29 heavy (non-hydrogen) atoms. The van der Waals surface area contributed by atoms with Crippen LogP contribution in [-0.4, -0.2) is 41.0 Å². The van der Waals surface area contributed by atoms with E-state index in [9.17, 15) is 4.79 Å². The van der Waals surface area contributed by atoms with Crippen LogP contribution in [0.1, 0.15) is 43.1 Å². The molecule has 2 aromatic heterocycles. The molecule has 0 unspecified atom stereocenters. The molecule has 0 aliphatic carbocycles. The molecule has 4 rings (SSSR count). The number of hydrogen-bond acceptors (Lipinski definition) is 4. The molecule has 1 fully saturated rings. The maximum atomic E-state index is 12.1. The molecule has 0 N–H and O–H groups in total. The number of ether oxygens (including phenoxy) is 2. The molecule has 0 saturated carbocycles. The Morgan fingerprint density at radius 2 is 2.00 bits per heavy atom. The Morgan fingerprint density at radius 3 is 2.69 bits per heavy atom. The van der Waals surface area contributed by atoms with Gasteiger partial charge in [0.1, 0.15) is 5.82 Å². The number of benzene rings is 1. The number of nitrogens with zero attached hydrogens (tertiary/aromatic N) is 3. The van der Waals surface area contributed by atoms with Gasteiger partial charge in [0.25, 0.3) is 5.56 Å². The van der Waals surface area contributed by atoms with Crippen LogP contribution in [0.5, 0.6) is 0 Å². The lowest BCUT2D eigenvalue weighted by Gasteiger charge is -2.25. The molecule has 1 aliphatic rings. The summed E-state index contributed by atoms with van der Waals surface area (Å²) in [6, 6.07) is 8.51. The summed E-state index contributed by atoms with van der Waals surface area (Å²) < 4.78 is 15.0. The molecule has 6 nitrogen and oxygen atoms in total. The molecule has 0 radical (unpaired) electrons. The van der Waals surface area contributed by atoms with Crippen molar-refractivity contribution in [2.45, 2.75) is 38.6 Å². The third-order valence-electron chi connectivity index (χ3n) is 5.85. The van der Waals surface area contributed by atoms with Crippen LogP contribution < -0.4 is 5.56 Å². The summed E-state index contributed by atoms with van der Waals surface area (Å²) in [4.78, 5) is 17.1. The summed E-state index contributed by atoms with van der Waals surface area (Å²) in [6.07, 6.45) is 3.89. The van der Waals surface area contributed by atoms with Crippen LogP contribution in [0.25, 0.3) is 22.2 Å². The van der Waals surface area contributed by atoms with E-state index in [1.54, 1.807) is 18.7 Å². The van der Waals surface area contributed by atoms with Crippen LogP contribution in [0.4, 0.5) is 0 Å². The van der Waals surface area contributed by atoms with Crippen LogP contribution in [0.2, 0.25) is 0 Å². The van der Waals surface area contributed by atoms with Crippen molar-refractivity contribution in [3.63, 3.8) is 0 Å². The molecule has 1 aromatic carbocycles. The third-order valence-corrected chi connectivity index (χ3v) is 5.85. The predicted octanol–water partition coefficient (Wildman–Crippen LogP) is 3.81. The minimum Gasteiger partial charge on any atom is -0.383 e. The van der Waals surface area contributed by atoms with Crippen molar-refractivity contribution in [1.29, 1.82) is 0 Å². The van der Waals surface area contributed by atoms with Gasteiger partial charge in [-0.25, -0.2) is 4.98 Å². The summed E-state index contributed by atoms with van der Waals surface area (Å²) in [6.45, 7) is 6.24. The second-order valence-corrected chi connectivity index (χ2v) is 8.06. The maximum Gasteiger partial charge on any atom is 0.253 e. The highest BCUT2D eigenvalue weighted by Crippen LogP contribution is 2.33. The Balaban J connectivity index is 1.86. The van der Waals surface area contributed by atoms with Crippen LogP contribution >= 0.6 is 0 Å². The number of imidazole rings is 1. The van der Waals surface area contributed by atoms with Crippen molar-refractivity contribution in [3.05, 3.63) is 52.2 Å². The zero-order valence-corrected chi connectivity index (χ0v) is 17.6. The molecule has 1 saturated heterocycles. The monoisotopic (exact) mass is 395 g/mol. The average Bonchev–Trinajstić information content (AvgIpc) is 3.11. The van der Waals surface area contributed by atoms with Crippen molar-refractivity contribution < 1.29 is 9.47 Å². The standard InChI is InChI=1S/C23H29N3O3/c1-15-11-19(13-25(3)23(15)27)18-5-6-20-21(12-18)26(16(2)14-28-4)22(24-20)17-7-9-29-10-8-17/h5-6,11-13,16-17H,7-10,14H2,1-4H3/t16-/m1/s1. The zero-order valence-electron chi connectivity index (χ0n) is 17.6. The number of rotatable bonds is 5. The summed E-state index contributed by atoms with van der Waals surface area (Å²) >= 11 is 0. The van der Waals surface area contributed by atoms with Gasteiger partial charge in [0.15, 0.2) is 0 Å². The molecule has 0 bridgehead atoms. The molecule has 0 spiro atoms. The van der Waals surface area contributed by atoms with E-state index < -0.39 is 0 Å². The average molecular weight is 396 g/mol. The molecular weight excluding hydrogens is 366 g/mol. The molecule has 1 atom stereocenters. The van der Waals surface area contributed by atoms with Gasteiger partial charge < -0.3 is 18.6 Å². The lowest BCUT2D eigenvalue weighted by molar-refractivity contribution is 0.0817. The van der Waals surface area contributed by atoms with E-state index in [2.05, 4.69) is 29.7 Å². The van der Waals surface area contributed by atoms with Crippen molar-refractivity contribution >= 4 is 11.0 Å². The van der Waals surface area contributed by atoms with Crippen molar-refractivity contribution in [3.8, 4) is 11.1 Å². The van der Waals surface area contributed by atoms with Gasteiger partial charge in [-0.2, -0.15) is 0 Å². The lowest BCUT2D eigenvalue weighted by atomic mass is 9.99. The van der Waals surface area contributed by atoms with E-state index in [1.165, 1.54) is 0 Å². The summed E-state index contributed by atoms with van der Waals surface area (Å²) in [5.41, 5.74) is 5.01. The van der Waals surface area contributed by atoms with Gasteiger partial charge in [-0.15, -0.1) is 0 Å². The van der Waals surface area contributed by atoms with Gasteiger partial charge in [-0.3, -0.25) is 4.79 Å². The Hall–Kier alpha value is -2.44. The Kier molecular flexibility index (Phi) is 5.56. The molecule has 154 valence electrons. The second-order valence-electron chi connectivity index (χ2n) is 8.06. The van der Waals surface area contributed by atoms with Gasteiger partial charge in [0.2, 0.25) is 0 Å². The van der Waals surface area contributed by atoms with Gasteiger partial charge in [0.05, 0.1) is 23.7 Å². The fraction of sp³-hybridized carbons (Fsp3) is 0.478. The first-order chi connectivity index (χ1) is 14.0. The van der Waals surface area contributed by atoms with Crippen LogP contribution in [0.3, 0.4) is 0 Å². The highest BCUT2D eigenvalue weighted by Gasteiger charge is 2.25. The lowest BCUT2D eigenvalue weighted by Crippen LogP contribution is -2.21. The SMILES string of the molecule is COC[C@@H](C)n1c(C2CCOCC2)nc2ccc(-c3cc(C)c(=O)n(C)c3)cc21. The highest BCUT2D eigenvalue weighted by atomic mass is 16.5. The first-order valence-corrected chi connectivity index (χ1v) is 10.3. The van der Waals surface area contributed by atoms with Crippen molar-refractivity contribution in [2.75, 3.05) is 26.9 Å². The number of hydrogen-bond donors (Lipinski definition) is 0. The fourth-order valence-corrected chi connectivity index (χ4v) is 4.35. The van der Waals surface area contributed by atoms with Gasteiger partial charge >= 0.3 is 0 Å². The molecule has 6 heteroatoms. The minimum atomic E-state index is 0.0374. The van der Waals surface area contributed by atoms with E-state index in [1.807, 2.05) is 19.2 Å². The van der Waals surface area contributed by atoms with E-state index in [-0.39, 0.29) is 11.6 Å². The van der Waals surface area contributed by atoms with Crippen molar-refractivity contribution in [1.82, 2.24) is 14.1 Å². The maximum absolute atomic E-state index is 12.1. The zero-order chi connectivity index (χ0) is 20.5. The molecule has 3 heterocycles. The van der Waals surface area contributed by atoms with E-state index in [4.69, 9.17) is 14.5 Å². The number of aryl methyl sites for hydroxylation is 2. The first kappa shape index (κ1) is 19.9. The Labute approximate surface area is 171 Å². The normalized spacial score (nSPS) is 16.4. The number of methoxy groups -OCH3 is 1. The molecular formula is C23H29N3O3. The van der Waals surface area contributed by atoms with Crippen molar-refractivity contribution in [2.24, 2.45) is 7.05 Å². The van der Waals surface area contributed by atoms with Crippen LogP contribution in [0.15, 0.2) is 35.3 Å². The minimum absolute atomic E-state index is 0.0374. The Morgan fingerprint density at radius 1 is 1.24 bits per heavy atom. The van der Waals surface area contributed by atoms with Gasteiger partial charge in [-0.05, 0) is 56.0 Å². The third kappa shape index (κ3) is 3.74. The fourth-order valence-electron chi connectivity index (χ4n) is 4.35.